The second-order valence-electron chi connectivity index (χ2n) is 4.88. The van der Waals surface area contributed by atoms with E-state index in [-0.39, 0.29) is 0 Å². The standard InChI is InChI=1S/C17H17FN2O3/c1-11-7-8-12(9-14(11)18)20-16(21)10-23-17(22)13-5-3-4-6-15(13)19-2/h3-9,19H,10H2,1-2H3,(H,20,21). The zero-order chi connectivity index (χ0) is 16.8. The highest BCUT2D eigenvalue weighted by molar-refractivity contribution is 5.98. The Balaban J connectivity index is 1.93. The van der Waals surface area contributed by atoms with Crippen molar-refractivity contribution < 1.29 is 18.7 Å². The van der Waals surface area contributed by atoms with Crippen LogP contribution in [0.2, 0.25) is 0 Å². The predicted octanol–water partition coefficient (Wildman–Crippen LogP) is 2.97. The van der Waals surface area contributed by atoms with Gasteiger partial charge in [0.15, 0.2) is 6.61 Å². The van der Waals surface area contributed by atoms with E-state index < -0.39 is 24.3 Å². The molecule has 0 bridgehead atoms. The van der Waals surface area contributed by atoms with Crippen LogP contribution in [-0.2, 0) is 9.53 Å². The minimum absolute atomic E-state index is 0.310. The van der Waals surface area contributed by atoms with Gasteiger partial charge in [-0.3, -0.25) is 4.79 Å². The Kier molecular flexibility index (Phi) is 5.30. The molecule has 1 amide bonds. The van der Waals surface area contributed by atoms with Crippen LogP contribution >= 0.6 is 0 Å². The predicted molar refractivity (Wildman–Crippen MR) is 86.0 cm³/mol. The topological polar surface area (TPSA) is 67.4 Å². The summed E-state index contributed by atoms with van der Waals surface area (Å²) in [6.45, 7) is 1.17. The maximum Gasteiger partial charge on any atom is 0.340 e. The van der Waals surface area contributed by atoms with E-state index in [4.69, 9.17) is 4.74 Å². The number of anilines is 2. The molecular weight excluding hydrogens is 299 g/mol. The first-order valence-electron chi connectivity index (χ1n) is 7.01. The van der Waals surface area contributed by atoms with Crippen LogP contribution in [0.15, 0.2) is 42.5 Å². The summed E-state index contributed by atoms with van der Waals surface area (Å²) in [5.41, 5.74) is 1.74. The molecule has 0 saturated carbocycles. The van der Waals surface area contributed by atoms with Crippen molar-refractivity contribution in [2.75, 3.05) is 24.3 Å². The average molecular weight is 316 g/mol. The summed E-state index contributed by atoms with van der Waals surface area (Å²) in [5.74, 6) is -1.56. The molecule has 5 nitrogen and oxygen atoms in total. The largest absolute Gasteiger partial charge is 0.452 e. The summed E-state index contributed by atoms with van der Waals surface area (Å²) >= 11 is 0. The van der Waals surface area contributed by atoms with Crippen LogP contribution in [-0.4, -0.2) is 25.5 Å². The van der Waals surface area contributed by atoms with E-state index >= 15 is 0 Å². The van der Waals surface area contributed by atoms with Crippen molar-refractivity contribution in [3.63, 3.8) is 0 Å². The minimum Gasteiger partial charge on any atom is -0.452 e. The van der Waals surface area contributed by atoms with Gasteiger partial charge >= 0.3 is 5.97 Å². The number of halogens is 1. The van der Waals surface area contributed by atoms with E-state index in [0.29, 0.717) is 22.5 Å². The second-order valence-corrected chi connectivity index (χ2v) is 4.88. The fraction of sp³-hybridized carbons (Fsp3) is 0.176. The highest BCUT2D eigenvalue weighted by atomic mass is 19.1. The Morgan fingerprint density at radius 2 is 1.91 bits per heavy atom. The van der Waals surface area contributed by atoms with Gasteiger partial charge in [0.1, 0.15) is 5.82 Å². The molecule has 0 aliphatic rings. The highest BCUT2D eigenvalue weighted by Crippen LogP contribution is 2.16. The van der Waals surface area contributed by atoms with E-state index in [1.807, 2.05) is 0 Å². The summed E-state index contributed by atoms with van der Waals surface area (Å²) in [6, 6.07) is 11.2. The first-order chi connectivity index (χ1) is 11.0. The van der Waals surface area contributed by atoms with E-state index in [9.17, 15) is 14.0 Å². The van der Waals surface area contributed by atoms with Crippen molar-refractivity contribution >= 4 is 23.3 Å². The Hall–Kier alpha value is -2.89. The van der Waals surface area contributed by atoms with Crippen LogP contribution in [0.5, 0.6) is 0 Å². The lowest BCUT2D eigenvalue weighted by molar-refractivity contribution is -0.119. The summed E-state index contributed by atoms with van der Waals surface area (Å²) in [5, 5.41) is 5.35. The van der Waals surface area contributed by atoms with Gasteiger partial charge in [0.2, 0.25) is 0 Å². The number of hydrogen-bond donors (Lipinski definition) is 2. The van der Waals surface area contributed by atoms with Gasteiger partial charge in [-0.05, 0) is 36.8 Å². The third kappa shape index (κ3) is 4.29. The number of hydrogen-bond acceptors (Lipinski definition) is 4. The molecule has 6 heteroatoms. The fourth-order valence-electron chi connectivity index (χ4n) is 1.96. The molecule has 0 radical (unpaired) electrons. The molecule has 2 aromatic carbocycles. The molecule has 0 aromatic heterocycles. The maximum absolute atomic E-state index is 13.4. The van der Waals surface area contributed by atoms with Crippen LogP contribution in [0.4, 0.5) is 15.8 Å². The zero-order valence-corrected chi connectivity index (χ0v) is 12.9. The number of nitrogens with one attached hydrogen (secondary N) is 2. The first-order valence-corrected chi connectivity index (χ1v) is 7.01. The Morgan fingerprint density at radius 3 is 2.61 bits per heavy atom. The molecule has 0 unspecified atom stereocenters. The molecule has 0 aliphatic carbocycles. The molecule has 120 valence electrons. The van der Waals surface area contributed by atoms with Crippen LogP contribution in [0.3, 0.4) is 0 Å². The van der Waals surface area contributed by atoms with Crippen molar-refractivity contribution in [2.24, 2.45) is 0 Å². The third-order valence-corrected chi connectivity index (χ3v) is 3.21. The summed E-state index contributed by atoms with van der Waals surface area (Å²) in [6.07, 6.45) is 0. The monoisotopic (exact) mass is 316 g/mol. The van der Waals surface area contributed by atoms with Gasteiger partial charge in [0.25, 0.3) is 5.91 Å². The summed E-state index contributed by atoms with van der Waals surface area (Å²) in [4.78, 5) is 23.8. The second kappa shape index (κ2) is 7.40. The molecule has 2 N–H and O–H groups in total. The molecule has 0 saturated heterocycles. The number of amides is 1. The molecule has 0 fully saturated rings. The number of ether oxygens (including phenoxy) is 1. The zero-order valence-electron chi connectivity index (χ0n) is 12.9. The van der Waals surface area contributed by atoms with Crippen molar-refractivity contribution in [3.05, 3.63) is 59.4 Å². The Labute approximate surface area is 133 Å². The summed E-state index contributed by atoms with van der Waals surface area (Å²) in [7, 11) is 1.69. The number of carbonyl (C=O) groups excluding carboxylic acids is 2. The van der Waals surface area contributed by atoms with Gasteiger partial charge in [-0.2, -0.15) is 0 Å². The molecule has 0 spiro atoms. The van der Waals surface area contributed by atoms with Crippen molar-refractivity contribution in [3.8, 4) is 0 Å². The molecule has 2 rings (SSSR count). The number of esters is 1. The van der Waals surface area contributed by atoms with Crippen LogP contribution in [0.25, 0.3) is 0 Å². The summed E-state index contributed by atoms with van der Waals surface area (Å²) < 4.78 is 18.4. The lowest BCUT2D eigenvalue weighted by atomic mass is 10.2. The fourth-order valence-corrected chi connectivity index (χ4v) is 1.96. The van der Waals surface area contributed by atoms with E-state index in [0.717, 1.165) is 0 Å². The van der Waals surface area contributed by atoms with Crippen LogP contribution in [0.1, 0.15) is 15.9 Å². The maximum atomic E-state index is 13.4. The van der Waals surface area contributed by atoms with Gasteiger partial charge in [-0.25, -0.2) is 9.18 Å². The molecule has 2 aromatic rings. The van der Waals surface area contributed by atoms with E-state index in [2.05, 4.69) is 10.6 Å². The molecular formula is C17H17FN2O3. The van der Waals surface area contributed by atoms with Gasteiger partial charge < -0.3 is 15.4 Å². The SMILES string of the molecule is CNc1ccccc1C(=O)OCC(=O)Nc1ccc(C)c(F)c1. The number of aryl methyl sites for hydroxylation is 1. The number of rotatable bonds is 5. The van der Waals surface area contributed by atoms with E-state index in [1.165, 1.54) is 6.07 Å². The molecule has 0 heterocycles. The van der Waals surface area contributed by atoms with E-state index in [1.54, 1.807) is 50.4 Å². The molecule has 0 aliphatic heterocycles. The first kappa shape index (κ1) is 16.5. The lowest BCUT2D eigenvalue weighted by Crippen LogP contribution is -2.21. The Bertz CT molecular complexity index is 732. The number of carbonyl (C=O) groups is 2. The lowest BCUT2D eigenvalue weighted by Gasteiger charge is -2.09. The van der Waals surface area contributed by atoms with Gasteiger partial charge in [0, 0.05) is 18.4 Å². The third-order valence-electron chi connectivity index (χ3n) is 3.21. The molecule has 23 heavy (non-hydrogen) atoms. The highest BCUT2D eigenvalue weighted by Gasteiger charge is 2.13. The van der Waals surface area contributed by atoms with Crippen molar-refractivity contribution in [2.45, 2.75) is 6.92 Å². The van der Waals surface area contributed by atoms with Crippen molar-refractivity contribution in [1.82, 2.24) is 0 Å². The number of benzene rings is 2. The molecule has 0 atom stereocenters. The van der Waals surface area contributed by atoms with Gasteiger partial charge in [0.05, 0.1) is 5.56 Å². The van der Waals surface area contributed by atoms with Crippen molar-refractivity contribution in [1.29, 1.82) is 0 Å². The normalized spacial score (nSPS) is 10.0. The minimum atomic E-state index is -0.611. The smallest absolute Gasteiger partial charge is 0.340 e. The quantitative estimate of drug-likeness (QED) is 0.832. The van der Waals surface area contributed by atoms with Crippen LogP contribution in [0, 0.1) is 12.7 Å². The van der Waals surface area contributed by atoms with Crippen LogP contribution < -0.4 is 10.6 Å². The number of para-hydroxylation sites is 1. The Morgan fingerprint density at radius 1 is 1.17 bits per heavy atom. The van der Waals surface area contributed by atoms with Gasteiger partial charge in [-0.15, -0.1) is 0 Å². The van der Waals surface area contributed by atoms with Gasteiger partial charge in [-0.1, -0.05) is 18.2 Å². The average Bonchev–Trinajstić information content (AvgIpc) is 2.56.